The van der Waals surface area contributed by atoms with E-state index in [1.165, 1.54) is 0 Å². The molecule has 0 aliphatic carbocycles. The average Bonchev–Trinajstić information content (AvgIpc) is 2.61. The van der Waals surface area contributed by atoms with Gasteiger partial charge in [-0.05, 0) is 13.0 Å². The summed E-state index contributed by atoms with van der Waals surface area (Å²) in [7, 11) is 0. The Morgan fingerprint density at radius 1 is 1.71 bits per heavy atom. The Balaban J connectivity index is 2.06. The van der Waals surface area contributed by atoms with Gasteiger partial charge in [-0.2, -0.15) is 0 Å². The summed E-state index contributed by atoms with van der Waals surface area (Å²) in [5, 5.41) is 6.06. The molecular formula is C10H13N3O. The van der Waals surface area contributed by atoms with Crippen LogP contribution < -0.4 is 10.6 Å². The molecule has 2 N–H and O–H groups in total. The average molecular weight is 191 g/mol. The van der Waals surface area contributed by atoms with Crippen molar-refractivity contribution in [2.45, 2.75) is 19.0 Å². The first-order valence-electron chi connectivity index (χ1n) is 4.69. The molecule has 0 radical (unpaired) electrons. The van der Waals surface area contributed by atoms with E-state index in [-0.39, 0.29) is 6.04 Å². The highest BCUT2D eigenvalue weighted by atomic mass is 16.1. The molecule has 2 aliphatic heterocycles. The maximum absolute atomic E-state index is 10.3. The van der Waals surface area contributed by atoms with E-state index < -0.39 is 0 Å². The Morgan fingerprint density at radius 3 is 3.29 bits per heavy atom. The quantitative estimate of drug-likeness (QED) is 0.626. The number of carbonyl (C=O) groups is 1. The van der Waals surface area contributed by atoms with Crippen LogP contribution in [0.2, 0.25) is 0 Å². The molecule has 0 aromatic carbocycles. The Hall–Kier alpha value is -1.58. The summed E-state index contributed by atoms with van der Waals surface area (Å²) < 4.78 is 0. The first kappa shape index (κ1) is 8.99. The fourth-order valence-electron chi connectivity index (χ4n) is 1.71. The van der Waals surface area contributed by atoms with Gasteiger partial charge in [-0.25, -0.2) is 0 Å². The predicted octanol–water partition coefficient (Wildman–Crippen LogP) is 0.191. The number of aliphatic imine (C=N–C) groups is 1. The van der Waals surface area contributed by atoms with Gasteiger partial charge >= 0.3 is 0 Å². The van der Waals surface area contributed by atoms with Gasteiger partial charge in [0, 0.05) is 24.0 Å². The zero-order valence-corrected chi connectivity index (χ0v) is 7.97. The van der Waals surface area contributed by atoms with Crippen molar-refractivity contribution in [3.8, 4) is 0 Å². The molecule has 74 valence electrons. The van der Waals surface area contributed by atoms with E-state index in [4.69, 9.17) is 0 Å². The summed E-state index contributed by atoms with van der Waals surface area (Å²) >= 11 is 0. The summed E-state index contributed by atoms with van der Waals surface area (Å²) in [4.78, 5) is 14.4. The monoisotopic (exact) mass is 191 g/mol. The van der Waals surface area contributed by atoms with E-state index in [2.05, 4.69) is 21.7 Å². The topological polar surface area (TPSA) is 53.5 Å². The molecule has 0 aromatic heterocycles. The second-order valence-corrected chi connectivity index (χ2v) is 3.52. The van der Waals surface area contributed by atoms with Crippen LogP contribution in [0.4, 0.5) is 0 Å². The molecule has 3 unspecified atom stereocenters. The van der Waals surface area contributed by atoms with Crippen molar-refractivity contribution < 1.29 is 4.79 Å². The maximum atomic E-state index is 10.3. The highest BCUT2D eigenvalue weighted by Crippen LogP contribution is 2.20. The molecule has 4 nitrogen and oxygen atoms in total. The van der Waals surface area contributed by atoms with Gasteiger partial charge in [-0.3, -0.25) is 9.79 Å². The maximum Gasteiger partial charge on any atom is 0.207 e. The predicted molar refractivity (Wildman–Crippen MR) is 54.8 cm³/mol. The second kappa shape index (κ2) is 3.65. The number of rotatable bonds is 3. The van der Waals surface area contributed by atoms with E-state index in [1.54, 1.807) is 6.20 Å². The molecule has 2 heterocycles. The van der Waals surface area contributed by atoms with Crippen LogP contribution in [0.25, 0.3) is 0 Å². The van der Waals surface area contributed by atoms with Gasteiger partial charge in [-0.1, -0.05) is 6.08 Å². The Morgan fingerprint density at radius 2 is 2.57 bits per heavy atom. The fraction of sp³-hybridized carbons (Fsp3) is 0.400. The lowest BCUT2D eigenvalue weighted by Gasteiger charge is -2.17. The van der Waals surface area contributed by atoms with Crippen molar-refractivity contribution in [3.05, 3.63) is 24.0 Å². The molecular weight excluding hydrogens is 178 g/mol. The number of hydrogen-bond acceptors (Lipinski definition) is 3. The molecule has 0 saturated carbocycles. The Kier molecular flexibility index (Phi) is 2.35. The smallest absolute Gasteiger partial charge is 0.207 e. The molecule has 0 fully saturated rings. The van der Waals surface area contributed by atoms with Crippen molar-refractivity contribution in [3.63, 3.8) is 0 Å². The van der Waals surface area contributed by atoms with Crippen LogP contribution in [-0.2, 0) is 4.79 Å². The van der Waals surface area contributed by atoms with Crippen LogP contribution in [0.5, 0.6) is 0 Å². The summed E-state index contributed by atoms with van der Waals surface area (Å²) in [5.74, 6) is 0.325. The second-order valence-electron chi connectivity index (χ2n) is 3.52. The third-order valence-electron chi connectivity index (χ3n) is 2.54. The zero-order valence-electron chi connectivity index (χ0n) is 7.97. The molecule has 2 aliphatic rings. The van der Waals surface area contributed by atoms with Crippen molar-refractivity contribution in [1.29, 1.82) is 0 Å². The van der Waals surface area contributed by atoms with Gasteiger partial charge in [-0.15, -0.1) is 0 Å². The van der Waals surface area contributed by atoms with Crippen LogP contribution in [0.15, 0.2) is 29.0 Å². The first-order valence-corrected chi connectivity index (χ1v) is 4.69. The molecule has 1 amide bonds. The molecule has 0 aromatic rings. The summed E-state index contributed by atoms with van der Waals surface area (Å²) in [5.41, 5.74) is 1.06. The lowest BCUT2D eigenvalue weighted by Crippen LogP contribution is -2.35. The molecule has 0 saturated heterocycles. The van der Waals surface area contributed by atoms with Crippen LogP contribution in [-0.4, -0.2) is 24.7 Å². The minimum absolute atomic E-state index is 0.0416. The number of nitrogens with zero attached hydrogens (tertiary/aromatic N) is 1. The van der Waals surface area contributed by atoms with Crippen molar-refractivity contribution in [1.82, 2.24) is 10.6 Å². The fourth-order valence-corrected chi connectivity index (χ4v) is 1.71. The van der Waals surface area contributed by atoms with E-state index in [0.717, 1.165) is 12.1 Å². The minimum atomic E-state index is 0.0416. The molecule has 14 heavy (non-hydrogen) atoms. The van der Waals surface area contributed by atoms with Crippen molar-refractivity contribution >= 4 is 12.6 Å². The van der Waals surface area contributed by atoms with Gasteiger partial charge < -0.3 is 10.6 Å². The van der Waals surface area contributed by atoms with E-state index in [9.17, 15) is 4.79 Å². The third kappa shape index (κ3) is 1.55. The standard InChI is InChI=1S/C10H13N3O/c1-7(12-6-14)10-4-8-5-11-3-2-9(8)13-10/h2-9,13H,1H3,(H,12,14). The lowest BCUT2D eigenvalue weighted by molar-refractivity contribution is -0.109. The molecule has 0 spiro atoms. The van der Waals surface area contributed by atoms with Crippen LogP contribution in [0.1, 0.15) is 6.92 Å². The summed E-state index contributed by atoms with van der Waals surface area (Å²) in [6.45, 7) is 1.95. The number of amides is 1. The van der Waals surface area contributed by atoms with Crippen LogP contribution in [0.3, 0.4) is 0 Å². The highest BCUT2D eigenvalue weighted by Gasteiger charge is 2.26. The third-order valence-corrected chi connectivity index (χ3v) is 2.54. The van der Waals surface area contributed by atoms with Gasteiger partial charge in [0.1, 0.15) is 0 Å². The Bertz CT molecular complexity index is 319. The normalized spacial score (nSPS) is 30.2. The first-order chi connectivity index (χ1) is 6.81. The van der Waals surface area contributed by atoms with Gasteiger partial charge in [0.15, 0.2) is 0 Å². The van der Waals surface area contributed by atoms with Gasteiger partial charge in [0.2, 0.25) is 6.41 Å². The molecule has 2 rings (SSSR count). The molecule has 4 heteroatoms. The number of carbonyl (C=O) groups excluding carboxylic acids is 1. The summed E-state index contributed by atoms with van der Waals surface area (Å²) in [6.07, 6.45) is 8.57. The number of fused-ring (bicyclic) bond motifs is 1. The van der Waals surface area contributed by atoms with E-state index >= 15 is 0 Å². The number of hydrogen-bond donors (Lipinski definition) is 2. The van der Waals surface area contributed by atoms with E-state index in [1.807, 2.05) is 19.2 Å². The van der Waals surface area contributed by atoms with Gasteiger partial charge in [0.25, 0.3) is 0 Å². The SMILES string of the molecule is CC(NC=O)C1=CC2C=NC=CC2N1. The van der Waals surface area contributed by atoms with Crippen LogP contribution >= 0.6 is 0 Å². The van der Waals surface area contributed by atoms with Crippen molar-refractivity contribution in [2.24, 2.45) is 10.9 Å². The van der Waals surface area contributed by atoms with E-state index in [0.29, 0.717) is 12.0 Å². The van der Waals surface area contributed by atoms with Gasteiger partial charge in [0.05, 0.1) is 12.1 Å². The minimum Gasteiger partial charge on any atom is -0.380 e. The molecule has 3 atom stereocenters. The Labute approximate surface area is 82.8 Å². The molecule has 0 bridgehead atoms. The van der Waals surface area contributed by atoms with Crippen molar-refractivity contribution in [2.75, 3.05) is 0 Å². The largest absolute Gasteiger partial charge is 0.380 e. The summed E-state index contributed by atoms with van der Waals surface area (Å²) in [6, 6.07) is 0.346. The lowest BCUT2D eigenvalue weighted by atomic mass is 10.0. The van der Waals surface area contributed by atoms with Crippen LogP contribution in [0, 0.1) is 5.92 Å². The number of nitrogens with one attached hydrogen (secondary N) is 2. The zero-order chi connectivity index (χ0) is 9.97. The highest BCUT2D eigenvalue weighted by molar-refractivity contribution is 5.69.